The van der Waals surface area contributed by atoms with Crippen molar-refractivity contribution < 1.29 is 4.79 Å². The summed E-state index contributed by atoms with van der Waals surface area (Å²) < 4.78 is 0. The molecule has 1 N–H and O–H groups in total. The molecular weight excluding hydrogens is 364 g/mol. The van der Waals surface area contributed by atoms with E-state index < -0.39 is 0 Å². The molecule has 1 atom stereocenters. The van der Waals surface area contributed by atoms with Crippen molar-refractivity contribution in [2.24, 2.45) is 0 Å². The monoisotopic (exact) mass is 386 g/mol. The zero-order chi connectivity index (χ0) is 19.3. The number of pyridine rings is 1. The van der Waals surface area contributed by atoms with Crippen LogP contribution in [0.1, 0.15) is 42.0 Å². The normalized spacial score (nSPS) is 18.6. The van der Waals surface area contributed by atoms with E-state index in [-0.39, 0.29) is 11.7 Å². The molecule has 140 valence electrons. The number of carbonyl (C=O) groups is 1. The molecule has 0 saturated heterocycles. The second-order valence-corrected chi connectivity index (χ2v) is 8.43. The van der Waals surface area contributed by atoms with Crippen molar-refractivity contribution in [2.75, 3.05) is 11.6 Å². The van der Waals surface area contributed by atoms with Crippen LogP contribution in [0.15, 0.2) is 64.7 Å². The highest BCUT2D eigenvalue weighted by Gasteiger charge is 2.36. The fourth-order valence-electron chi connectivity index (χ4n) is 4.51. The van der Waals surface area contributed by atoms with E-state index in [0.29, 0.717) is 6.42 Å². The SMILES string of the molecule is CSc1ccc(C2C3=C(CCCC3=O)Nc3ccc4nc(C)ccc4c32)cc1. The first-order valence-corrected chi connectivity index (χ1v) is 11.0. The number of thioether (sulfide) groups is 1. The number of fused-ring (bicyclic) bond motifs is 3. The molecule has 0 spiro atoms. The van der Waals surface area contributed by atoms with E-state index in [1.807, 2.05) is 6.92 Å². The van der Waals surface area contributed by atoms with Gasteiger partial charge in [0, 0.05) is 45.3 Å². The maximum Gasteiger partial charge on any atom is 0.161 e. The van der Waals surface area contributed by atoms with E-state index >= 15 is 0 Å². The van der Waals surface area contributed by atoms with Crippen molar-refractivity contribution >= 4 is 34.1 Å². The molecule has 4 heteroatoms. The number of ketones is 1. The largest absolute Gasteiger partial charge is 0.358 e. The van der Waals surface area contributed by atoms with Gasteiger partial charge in [-0.25, -0.2) is 0 Å². The van der Waals surface area contributed by atoms with Gasteiger partial charge in [0.1, 0.15) is 0 Å². The van der Waals surface area contributed by atoms with Gasteiger partial charge in [0.05, 0.1) is 5.52 Å². The van der Waals surface area contributed by atoms with E-state index in [1.165, 1.54) is 16.0 Å². The number of nitrogens with zero attached hydrogens (tertiary/aromatic N) is 1. The van der Waals surface area contributed by atoms with Gasteiger partial charge in [-0.05, 0) is 67.5 Å². The molecule has 5 rings (SSSR count). The van der Waals surface area contributed by atoms with Gasteiger partial charge >= 0.3 is 0 Å². The zero-order valence-corrected chi connectivity index (χ0v) is 16.9. The number of allylic oxidation sites excluding steroid dienone is 2. The molecule has 2 heterocycles. The minimum absolute atomic E-state index is 0.0387. The number of aromatic nitrogens is 1. The van der Waals surface area contributed by atoms with Gasteiger partial charge in [-0.1, -0.05) is 18.2 Å². The molecule has 1 aliphatic carbocycles. The Balaban J connectivity index is 1.79. The van der Waals surface area contributed by atoms with E-state index in [4.69, 9.17) is 4.98 Å². The molecule has 1 aliphatic heterocycles. The van der Waals surface area contributed by atoms with E-state index in [9.17, 15) is 4.79 Å². The highest BCUT2D eigenvalue weighted by molar-refractivity contribution is 7.98. The molecule has 3 nitrogen and oxygen atoms in total. The third kappa shape index (κ3) is 2.75. The lowest BCUT2D eigenvalue weighted by molar-refractivity contribution is -0.116. The number of nitrogens with one attached hydrogen (secondary N) is 1. The summed E-state index contributed by atoms with van der Waals surface area (Å²) in [5, 5.41) is 4.71. The Morgan fingerprint density at radius 1 is 1.04 bits per heavy atom. The Bertz CT molecular complexity index is 1130. The molecule has 0 amide bonds. The first kappa shape index (κ1) is 17.5. The molecule has 0 fully saturated rings. The zero-order valence-electron chi connectivity index (χ0n) is 16.1. The maximum atomic E-state index is 13.0. The smallest absolute Gasteiger partial charge is 0.161 e. The van der Waals surface area contributed by atoms with Crippen LogP contribution < -0.4 is 5.32 Å². The lowest BCUT2D eigenvalue weighted by Crippen LogP contribution is -2.27. The van der Waals surface area contributed by atoms with Crippen molar-refractivity contribution in [1.29, 1.82) is 0 Å². The van der Waals surface area contributed by atoms with Crippen molar-refractivity contribution in [3.63, 3.8) is 0 Å². The molecule has 1 unspecified atom stereocenters. The number of rotatable bonds is 2. The predicted molar refractivity (Wildman–Crippen MR) is 116 cm³/mol. The summed E-state index contributed by atoms with van der Waals surface area (Å²) in [7, 11) is 0. The van der Waals surface area contributed by atoms with Crippen molar-refractivity contribution in [1.82, 2.24) is 4.98 Å². The average Bonchev–Trinajstić information content (AvgIpc) is 2.72. The standard InChI is InChI=1S/C24H22N2OS/c1-14-6-11-17-18(25-14)12-13-20-23(17)22(15-7-9-16(28-2)10-8-15)24-19(26-20)4-3-5-21(24)27/h6-13,22,26H,3-5H2,1-2H3. The number of aryl methyl sites for hydroxylation is 1. The van der Waals surface area contributed by atoms with Gasteiger partial charge in [-0.3, -0.25) is 9.78 Å². The summed E-state index contributed by atoms with van der Waals surface area (Å²) in [6.07, 6.45) is 4.58. The summed E-state index contributed by atoms with van der Waals surface area (Å²) in [5.74, 6) is 0.235. The Kier molecular flexibility index (Phi) is 4.24. The van der Waals surface area contributed by atoms with Crippen molar-refractivity contribution in [2.45, 2.75) is 37.0 Å². The first-order valence-electron chi connectivity index (χ1n) is 9.73. The average molecular weight is 387 g/mol. The minimum Gasteiger partial charge on any atom is -0.358 e. The molecule has 2 aliphatic rings. The van der Waals surface area contributed by atoms with E-state index in [0.717, 1.165) is 46.4 Å². The van der Waals surface area contributed by atoms with E-state index in [2.05, 4.69) is 60.1 Å². The summed E-state index contributed by atoms with van der Waals surface area (Å²) >= 11 is 1.74. The summed E-state index contributed by atoms with van der Waals surface area (Å²) in [5.41, 5.74) is 7.49. The van der Waals surface area contributed by atoms with Crippen LogP contribution in [0.3, 0.4) is 0 Å². The van der Waals surface area contributed by atoms with Crippen molar-refractivity contribution in [3.8, 4) is 0 Å². The molecule has 0 radical (unpaired) electrons. The molecular formula is C24H22N2OS. The number of hydrogen-bond donors (Lipinski definition) is 1. The van der Waals surface area contributed by atoms with Gasteiger partial charge in [0.25, 0.3) is 0 Å². The van der Waals surface area contributed by atoms with Crippen LogP contribution in [0.25, 0.3) is 10.9 Å². The van der Waals surface area contributed by atoms with Crippen LogP contribution in [-0.4, -0.2) is 17.0 Å². The van der Waals surface area contributed by atoms with Crippen LogP contribution in [0.5, 0.6) is 0 Å². The second-order valence-electron chi connectivity index (χ2n) is 7.55. The fraction of sp³-hybridized carbons (Fsp3) is 0.250. The van der Waals surface area contributed by atoms with Crippen LogP contribution >= 0.6 is 11.8 Å². The van der Waals surface area contributed by atoms with Gasteiger partial charge < -0.3 is 5.32 Å². The summed E-state index contributed by atoms with van der Waals surface area (Å²) in [4.78, 5) is 19.0. The lowest BCUT2D eigenvalue weighted by atomic mass is 9.74. The van der Waals surface area contributed by atoms with Crippen LogP contribution in [0, 0.1) is 6.92 Å². The molecule has 0 saturated carbocycles. The molecule has 0 bridgehead atoms. The quantitative estimate of drug-likeness (QED) is 0.563. The second kappa shape index (κ2) is 6.78. The Labute approximate surface area is 169 Å². The van der Waals surface area contributed by atoms with Gasteiger partial charge in [-0.2, -0.15) is 0 Å². The maximum absolute atomic E-state index is 13.0. The number of anilines is 1. The topological polar surface area (TPSA) is 42.0 Å². The number of hydrogen-bond acceptors (Lipinski definition) is 4. The highest BCUT2D eigenvalue weighted by atomic mass is 32.2. The predicted octanol–water partition coefficient (Wildman–Crippen LogP) is 5.83. The lowest BCUT2D eigenvalue weighted by Gasteiger charge is -2.35. The van der Waals surface area contributed by atoms with Gasteiger partial charge in [0.15, 0.2) is 5.78 Å². The highest BCUT2D eigenvalue weighted by Crippen LogP contribution is 2.47. The third-order valence-electron chi connectivity index (χ3n) is 5.82. The summed E-state index contributed by atoms with van der Waals surface area (Å²) in [6.45, 7) is 2.01. The third-order valence-corrected chi connectivity index (χ3v) is 6.56. The van der Waals surface area contributed by atoms with Crippen molar-refractivity contribution in [3.05, 3.63) is 76.6 Å². The van der Waals surface area contributed by atoms with Crippen LogP contribution in [0.4, 0.5) is 5.69 Å². The minimum atomic E-state index is -0.0387. The van der Waals surface area contributed by atoms with Gasteiger partial charge in [0.2, 0.25) is 0 Å². The summed E-state index contributed by atoms with van der Waals surface area (Å²) in [6, 6.07) is 17.1. The Morgan fingerprint density at radius 2 is 1.86 bits per heavy atom. The Hall–Kier alpha value is -2.59. The molecule has 28 heavy (non-hydrogen) atoms. The van der Waals surface area contributed by atoms with Gasteiger partial charge in [-0.15, -0.1) is 11.8 Å². The first-order chi connectivity index (χ1) is 13.7. The number of carbonyl (C=O) groups excluding carboxylic acids is 1. The molecule has 3 aromatic rings. The number of benzene rings is 2. The van der Waals surface area contributed by atoms with Crippen LogP contribution in [0.2, 0.25) is 0 Å². The molecule has 1 aromatic heterocycles. The molecule has 2 aromatic carbocycles. The fourth-order valence-corrected chi connectivity index (χ4v) is 4.92. The van der Waals surface area contributed by atoms with E-state index in [1.54, 1.807) is 11.8 Å². The van der Waals surface area contributed by atoms with Crippen LogP contribution in [-0.2, 0) is 4.79 Å². The number of Topliss-reactive ketones (excluding diaryl/α,β-unsaturated/α-hetero) is 1. The Morgan fingerprint density at radius 3 is 2.64 bits per heavy atom.